The van der Waals surface area contributed by atoms with Crippen LogP contribution in [0, 0.1) is 16.0 Å². The van der Waals surface area contributed by atoms with Crippen molar-refractivity contribution in [2.45, 2.75) is 25.3 Å². The number of nitro groups is 1. The molecule has 7 heteroatoms. The summed E-state index contributed by atoms with van der Waals surface area (Å²) < 4.78 is 0. The predicted octanol–water partition coefficient (Wildman–Crippen LogP) is 5.37. The van der Waals surface area contributed by atoms with Gasteiger partial charge in [-0.05, 0) is 23.3 Å². The Bertz CT molecular complexity index is 1320. The lowest BCUT2D eigenvalue weighted by Gasteiger charge is -2.37. The number of amides is 1. The van der Waals surface area contributed by atoms with E-state index in [1.54, 1.807) is 17.0 Å². The molecule has 3 aromatic carbocycles. The molecule has 0 spiro atoms. The Labute approximate surface area is 196 Å². The molecule has 2 aliphatic rings. The molecule has 1 aliphatic carbocycles. The number of carbonyl (C=O) groups is 2. The summed E-state index contributed by atoms with van der Waals surface area (Å²) >= 11 is 0. The molecule has 1 N–H and O–H groups in total. The van der Waals surface area contributed by atoms with Crippen molar-refractivity contribution in [3.05, 3.63) is 112 Å². The van der Waals surface area contributed by atoms with Crippen LogP contribution in [0.1, 0.15) is 36.4 Å². The number of allylic oxidation sites excluding steroid dienone is 1. The SMILES string of the molecule is CC(=O)N1c2ccccc2NC2=CC(c3ccccc3)CC(=O)C2C1c1cccc([N+](=O)[O-])c1. The molecule has 0 saturated carbocycles. The fraction of sp³-hybridized carbons (Fsp3) is 0.185. The molecular weight excluding hydrogens is 430 g/mol. The summed E-state index contributed by atoms with van der Waals surface area (Å²) in [5.74, 6) is -1.05. The fourth-order valence-corrected chi connectivity index (χ4v) is 5.05. The minimum absolute atomic E-state index is 0.0191. The van der Waals surface area contributed by atoms with Crippen LogP contribution < -0.4 is 10.2 Å². The quantitative estimate of drug-likeness (QED) is 0.425. The van der Waals surface area contributed by atoms with Gasteiger partial charge in [-0.2, -0.15) is 0 Å². The third-order valence-corrected chi connectivity index (χ3v) is 6.51. The Morgan fingerprint density at radius 3 is 2.44 bits per heavy atom. The van der Waals surface area contributed by atoms with E-state index in [0.717, 1.165) is 5.56 Å². The maximum atomic E-state index is 13.7. The first-order chi connectivity index (χ1) is 16.4. The number of hydrogen-bond acceptors (Lipinski definition) is 5. The molecule has 5 rings (SSSR count). The Balaban J connectivity index is 1.73. The van der Waals surface area contributed by atoms with Crippen molar-refractivity contribution in [2.24, 2.45) is 5.92 Å². The number of benzene rings is 3. The number of non-ortho nitro benzene ring substituents is 1. The van der Waals surface area contributed by atoms with Gasteiger partial charge in [-0.1, -0.05) is 60.7 Å². The van der Waals surface area contributed by atoms with Gasteiger partial charge in [-0.15, -0.1) is 0 Å². The van der Waals surface area contributed by atoms with Crippen LogP contribution >= 0.6 is 0 Å². The second-order valence-corrected chi connectivity index (χ2v) is 8.62. The van der Waals surface area contributed by atoms with Gasteiger partial charge in [0.1, 0.15) is 5.78 Å². The van der Waals surface area contributed by atoms with Crippen molar-refractivity contribution in [1.29, 1.82) is 0 Å². The first-order valence-corrected chi connectivity index (χ1v) is 11.1. The number of nitrogens with one attached hydrogen (secondary N) is 1. The Morgan fingerprint density at radius 1 is 1.00 bits per heavy atom. The molecule has 3 unspecified atom stereocenters. The Hall–Kier alpha value is -4.26. The zero-order chi connectivity index (χ0) is 23.8. The van der Waals surface area contributed by atoms with E-state index < -0.39 is 16.9 Å². The molecule has 7 nitrogen and oxygen atoms in total. The summed E-state index contributed by atoms with van der Waals surface area (Å²) in [4.78, 5) is 39.4. The maximum absolute atomic E-state index is 13.7. The van der Waals surface area contributed by atoms with E-state index in [1.807, 2.05) is 54.6 Å². The smallest absolute Gasteiger partial charge is 0.269 e. The third kappa shape index (κ3) is 3.75. The summed E-state index contributed by atoms with van der Waals surface area (Å²) in [7, 11) is 0. The van der Waals surface area contributed by atoms with Crippen molar-refractivity contribution >= 4 is 28.8 Å². The molecule has 3 aromatic rings. The van der Waals surface area contributed by atoms with Crippen LogP contribution in [0.2, 0.25) is 0 Å². The normalized spacial score (nSPS) is 21.4. The van der Waals surface area contributed by atoms with Crippen LogP contribution in [0.15, 0.2) is 90.6 Å². The van der Waals surface area contributed by atoms with Crippen molar-refractivity contribution < 1.29 is 14.5 Å². The van der Waals surface area contributed by atoms with Crippen molar-refractivity contribution in [3.63, 3.8) is 0 Å². The van der Waals surface area contributed by atoms with Crippen LogP contribution in [0.5, 0.6) is 0 Å². The van der Waals surface area contributed by atoms with Gasteiger partial charge in [0.2, 0.25) is 5.91 Å². The highest BCUT2D eigenvalue weighted by molar-refractivity contribution is 6.00. The monoisotopic (exact) mass is 453 g/mol. The van der Waals surface area contributed by atoms with Gasteiger partial charge < -0.3 is 10.2 Å². The van der Waals surface area contributed by atoms with Crippen LogP contribution in [0.3, 0.4) is 0 Å². The number of hydrogen-bond donors (Lipinski definition) is 1. The number of fused-ring (bicyclic) bond motifs is 2. The van der Waals surface area contributed by atoms with E-state index in [1.165, 1.54) is 19.1 Å². The van der Waals surface area contributed by atoms with E-state index in [-0.39, 0.29) is 29.7 Å². The number of rotatable bonds is 3. The van der Waals surface area contributed by atoms with E-state index in [2.05, 4.69) is 11.4 Å². The van der Waals surface area contributed by atoms with Crippen molar-refractivity contribution in [1.82, 2.24) is 0 Å². The average molecular weight is 453 g/mol. The number of Topliss-reactive ketones (excluding diaryl/α,β-unsaturated/α-hetero) is 1. The molecule has 34 heavy (non-hydrogen) atoms. The summed E-state index contributed by atoms with van der Waals surface area (Å²) in [6.07, 6.45) is 2.35. The highest BCUT2D eigenvalue weighted by Crippen LogP contribution is 2.48. The number of para-hydroxylation sites is 2. The minimum Gasteiger partial charge on any atom is -0.357 e. The van der Waals surface area contributed by atoms with Crippen molar-refractivity contribution in [2.75, 3.05) is 10.2 Å². The molecule has 1 amide bonds. The van der Waals surface area contributed by atoms with Crippen molar-refractivity contribution in [3.8, 4) is 0 Å². The molecule has 3 atom stereocenters. The van der Waals surface area contributed by atoms with Gasteiger partial charge in [-0.25, -0.2) is 0 Å². The molecule has 1 aliphatic heterocycles. The average Bonchev–Trinajstić information content (AvgIpc) is 2.99. The second-order valence-electron chi connectivity index (χ2n) is 8.62. The fourth-order valence-electron chi connectivity index (χ4n) is 5.05. The lowest BCUT2D eigenvalue weighted by molar-refractivity contribution is -0.384. The van der Waals surface area contributed by atoms with Crippen LogP contribution in [-0.2, 0) is 9.59 Å². The summed E-state index contributed by atoms with van der Waals surface area (Å²) in [5, 5.41) is 14.9. The number of anilines is 2. The van der Waals surface area contributed by atoms with Gasteiger partial charge in [0.05, 0.1) is 28.3 Å². The van der Waals surface area contributed by atoms with E-state index >= 15 is 0 Å². The summed E-state index contributed by atoms with van der Waals surface area (Å²) in [6.45, 7) is 1.45. The standard InChI is InChI=1S/C27H23N3O4/c1-17(31)29-24-13-6-5-12-22(24)28-23-15-20(18-8-3-2-4-9-18)16-25(32)26(23)27(29)19-10-7-11-21(14-19)30(33)34/h2-15,20,26-28H,16H2,1H3. The topological polar surface area (TPSA) is 92.6 Å². The van der Waals surface area contributed by atoms with E-state index in [4.69, 9.17) is 0 Å². The first-order valence-electron chi connectivity index (χ1n) is 11.1. The number of nitrogens with zero attached hydrogens (tertiary/aromatic N) is 2. The summed E-state index contributed by atoms with van der Waals surface area (Å²) in [5.41, 5.74) is 3.55. The van der Waals surface area contributed by atoms with E-state index in [0.29, 0.717) is 22.6 Å². The molecule has 0 radical (unpaired) electrons. The van der Waals surface area contributed by atoms with Gasteiger partial charge >= 0.3 is 0 Å². The molecule has 0 aromatic heterocycles. The highest BCUT2D eigenvalue weighted by atomic mass is 16.6. The highest BCUT2D eigenvalue weighted by Gasteiger charge is 2.44. The summed E-state index contributed by atoms with van der Waals surface area (Å²) in [6, 6.07) is 22.7. The van der Waals surface area contributed by atoms with Gasteiger partial charge in [0.25, 0.3) is 5.69 Å². The molecule has 0 fully saturated rings. The lowest BCUT2D eigenvalue weighted by Crippen LogP contribution is -2.41. The zero-order valence-corrected chi connectivity index (χ0v) is 18.5. The first kappa shape index (κ1) is 21.6. The van der Waals surface area contributed by atoms with Crippen LogP contribution in [-0.4, -0.2) is 16.6 Å². The van der Waals surface area contributed by atoms with Crippen LogP contribution in [0.4, 0.5) is 17.1 Å². The minimum atomic E-state index is -0.718. The molecule has 170 valence electrons. The second kappa shape index (κ2) is 8.59. The van der Waals surface area contributed by atoms with Gasteiger partial charge in [0.15, 0.2) is 0 Å². The maximum Gasteiger partial charge on any atom is 0.269 e. The molecule has 0 bridgehead atoms. The predicted molar refractivity (Wildman–Crippen MR) is 129 cm³/mol. The lowest BCUT2D eigenvalue weighted by atomic mass is 9.76. The van der Waals surface area contributed by atoms with Gasteiger partial charge in [0, 0.05) is 37.1 Å². The number of carbonyl (C=O) groups excluding carboxylic acids is 2. The largest absolute Gasteiger partial charge is 0.357 e. The Morgan fingerprint density at radius 2 is 1.71 bits per heavy atom. The molecule has 1 heterocycles. The van der Waals surface area contributed by atoms with Crippen LogP contribution in [0.25, 0.3) is 0 Å². The number of nitro benzene ring substituents is 1. The van der Waals surface area contributed by atoms with Gasteiger partial charge in [-0.3, -0.25) is 19.7 Å². The van der Waals surface area contributed by atoms with E-state index in [9.17, 15) is 19.7 Å². The third-order valence-electron chi connectivity index (χ3n) is 6.51. The Kier molecular flexibility index (Phi) is 5.45. The number of ketones is 1. The zero-order valence-electron chi connectivity index (χ0n) is 18.5. The molecule has 0 saturated heterocycles. The molecular formula is C27H23N3O4.